The quantitative estimate of drug-likeness (QED) is 0.866. The van der Waals surface area contributed by atoms with E-state index in [0.717, 1.165) is 25.9 Å². The van der Waals surface area contributed by atoms with Gasteiger partial charge in [-0.05, 0) is 38.6 Å². The second-order valence-electron chi connectivity index (χ2n) is 6.08. The lowest BCUT2D eigenvalue weighted by Crippen LogP contribution is -2.48. The van der Waals surface area contributed by atoms with Gasteiger partial charge in [-0.15, -0.1) is 12.4 Å². The molecule has 0 bridgehead atoms. The van der Waals surface area contributed by atoms with Crippen LogP contribution in [-0.4, -0.2) is 49.7 Å². The molecular formula is C15H29ClN2O2. The van der Waals surface area contributed by atoms with Gasteiger partial charge in [-0.25, -0.2) is 0 Å². The highest BCUT2D eigenvalue weighted by Crippen LogP contribution is 2.26. The summed E-state index contributed by atoms with van der Waals surface area (Å²) in [6.07, 6.45) is 7.47. The third-order valence-electron chi connectivity index (χ3n) is 4.64. The van der Waals surface area contributed by atoms with Crippen molar-refractivity contribution in [3.05, 3.63) is 0 Å². The second-order valence-corrected chi connectivity index (χ2v) is 6.08. The van der Waals surface area contributed by atoms with Crippen molar-refractivity contribution in [3.63, 3.8) is 0 Å². The number of ether oxygens (including phenoxy) is 1. The summed E-state index contributed by atoms with van der Waals surface area (Å²) >= 11 is 0. The lowest BCUT2D eigenvalue weighted by Gasteiger charge is -2.34. The first-order chi connectivity index (χ1) is 9.20. The smallest absolute Gasteiger partial charge is 0.248 e. The maximum absolute atomic E-state index is 12.2. The molecule has 2 aliphatic rings. The molecule has 1 amide bonds. The zero-order valence-corrected chi connectivity index (χ0v) is 13.6. The Morgan fingerprint density at radius 3 is 2.70 bits per heavy atom. The number of amides is 1. The third-order valence-corrected chi connectivity index (χ3v) is 4.64. The van der Waals surface area contributed by atoms with Gasteiger partial charge in [0.25, 0.3) is 0 Å². The minimum Gasteiger partial charge on any atom is -0.368 e. The molecule has 0 aromatic carbocycles. The lowest BCUT2D eigenvalue weighted by molar-refractivity contribution is -0.141. The number of rotatable bonds is 4. The largest absolute Gasteiger partial charge is 0.368 e. The molecule has 1 N–H and O–H groups in total. The van der Waals surface area contributed by atoms with Crippen LogP contribution in [0.15, 0.2) is 0 Å². The summed E-state index contributed by atoms with van der Waals surface area (Å²) in [4.78, 5) is 14.1. The summed E-state index contributed by atoms with van der Waals surface area (Å²) in [6, 6.07) is 0.450. The molecule has 0 aromatic heterocycles. The fourth-order valence-corrected chi connectivity index (χ4v) is 3.24. The van der Waals surface area contributed by atoms with Crippen LogP contribution >= 0.6 is 12.4 Å². The molecule has 4 nitrogen and oxygen atoms in total. The van der Waals surface area contributed by atoms with Gasteiger partial charge in [0.15, 0.2) is 0 Å². The van der Waals surface area contributed by atoms with E-state index >= 15 is 0 Å². The lowest BCUT2D eigenvalue weighted by atomic mass is 9.88. The van der Waals surface area contributed by atoms with Crippen molar-refractivity contribution in [2.24, 2.45) is 5.92 Å². The topological polar surface area (TPSA) is 41.6 Å². The molecule has 1 saturated heterocycles. The number of carbonyl (C=O) groups excluding carboxylic acids is 1. The minimum absolute atomic E-state index is 0. The zero-order valence-electron chi connectivity index (χ0n) is 12.8. The number of carbonyl (C=O) groups is 1. The monoisotopic (exact) mass is 304 g/mol. The van der Waals surface area contributed by atoms with Gasteiger partial charge in [0.2, 0.25) is 5.91 Å². The summed E-state index contributed by atoms with van der Waals surface area (Å²) in [6.45, 7) is 4.23. The molecule has 5 heteroatoms. The Morgan fingerprint density at radius 2 is 2.00 bits per heavy atom. The van der Waals surface area contributed by atoms with Crippen molar-refractivity contribution in [2.45, 2.75) is 57.6 Å². The number of hydrogen-bond acceptors (Lipinski definition) is 3. The van der Waals surface area contributed by atoms with Gasteiger partial charge in [0.1, 0.15) is 6.61 Å². The van der Waals surface area contributed by atoms with Crippen LogP contribution in [0.5, 0.6) is 0 Å². The average Bonchev–Trinajstić information content (AvgIpc) is 2.46. The summed E-state index contributed by atoms with van der Waals surface area (Å²) < 4.78 is 5.87. The van der Waals surface area contributed by atoms with E-state index in [4.69, 9.17) is 4.74 Å². The Morgan fingerprint density at radius 1 is 1.25 bits per heavy atom. The SMILES string of the molecule is CNC1CCCN(C(=O)COC2CCCCC2C)C1.Cl. The van der Waals surface area contributed by atoms with Crippen LogP contribution in [0.25, 0.3) is 0 Å². The molecule has 20 heavy (non-hydrogen) atoms. The van der Waals surface area contributed by atoms with Gasteiger partial charge in [0, 0.05) is 19.1 Å². The number of likely N-dealkylation sites (tertiary alicyclic amines) is 1. The third kappa shape index (κ3) is 4.90. The summed E-state index contributed by atoms with van der Waals surface area (Å²) in [5.74, 6) is 0.769. The molecule has 1 heterocycles. The number of halogens is 1. The van der Waals surface area contributed by atoms with E-state index in [1.165, 1.54) is 25.7 Å². The Labute approximate surface area is 129 Å². The maximum atomic E-state index is 12.2. The highest BCUT2D eigenvalue weighted by molar-refractivity contribution is 5.85. The van der Waals surface area contributed by atoms with Crippen LogP contribution in [0, 0.1) is 5.92 Å². The molecule has 3 atom stereocenters. The van der Waals surface area contributed by atoms with Gasteiger partial charge >= 0.3 is 0 Å². The number of likely N-dealkylation sites (N-methyl/N-ethyl adjacent to an activating group) is 1. The summed E-state index contributed by atoms with van der Waals surface area (Å²) in [5.41, 5.74) is 0. The second kappa shape index (κ2) is 8.85. The van der Waals surface area contributed by atoms with E-state index in [1.54, 1.807) is 0 Å². The fourth-order valence-electron chi connectivity index (χ4n) is 3.24. The van der Waals surface area contributed by atoms with Crippen LogP contribution in [-0.2, 0) is 9.53 Å². The van der Waals surface area contributed by atoms with Crippen molar-refractivity contribution in [2.75, 3.05) is 26.7 Å². The van der Waals surface area contributed by atoms with Crippen molar-refractivity contribution in [1.82, 2.24) is 10.2 Å². The molecule has 3 unspecified atom stereocenters. The summed E-state index contributed by atoms with van der Waals surface area (Å²) in [7, 11) is 1.97. The predicted octanol–water partition coefficient (Wildman–Crippen LogP) is 2.21. The standard InChI is InChI=1S/C15H28N2O2.ClH/c1-12-6-3-4-8-14(12)19-11-15(18)17-9-5-7-13(10-17)16-2;/h12-14,16H,3-11H2,1-2H3;1H. The minimum atomic E-state index is 0. The van der Waals surface area contributed by atoms with Crippen molar-refractivity contribution in [1.29, 1.82) is 0 Å². The number of piperidine rings is 1. The van der Waals surface area contributed by atoms with Gasteiger partial charge in [-0.3, -0.25) is 4.79 Å². The molecule has 1 aliphatic carbocycles. The average molecular weight is 305 g/mol. The van der Waals surface area contributed by atoms with Crippen LogP contribution in [0.3, 0.4) is 0 Å². The van der Waals surface area contributed by atoms with Crippen LogP contribution in [0.1, 0.15) is 45.4 Å². The van der Waals surface area contributed by atoms with Crippen LogP contribution < -0.4 is 5.32 Å². The van der Waals surface area contributed by atoms with Gasteiger partial charge in [-0.2, -0.15) is 0 Å². The Bertz CT molecular complexity index is 302. The molecule has 118 valence electrons. The summed E-state index contributed by atoms with van der Waals surface area (Å²) in [5, 5.41) is 3.27. The van der Waals surface area contributed by atoms with Gasteiger partial charge in [-0.1, -0.05) is 19.8 Å². The van der Waals surface area contributed by atoms with Gasteiger partial charge < -0.3 is 15.0 Å². The maximum Gasteiger partial charge on any atom is 0.248 e. The molecule has 1 aliphatic heterocycles. The number of nitrogens with zero attached hydrogens (tertiary/aromatic N) is 1. The van der Waals surface area contributed by atoms with E-state index in [9.17, 15) is 4.79 Å². The van der Waals surface area contributed by atoms with Crippen molar-refractivity contribution in [3.8, 4) is 0 Å². The van der Waals surface area contributed by atoms with Gasteiger partial charge in [0.05, 0.1) is 6.10 Å². The molecular weight excluding hydrogens is 276 g/mol. The van der Waals surface area contributed by atoms with E-state index < -0.39 is 0 Å². The molecule has 0 aromatic rings. The molecule has 1 saturated carbocycles. The first-order valence-electron chi connectivity index (χ1n) is 7.77. The highest BCUT2D eigenvalue weighted by atomic mass is 35.5. The van der Waals surface area contributed by atoms with E-state index in [2.05, 4.69) is 12.2 Å². The Hall–Kier alpha value is -0.320. The number of hydrogen-bond donors (Lipinski definition) is 1. The van der Waals surface area contributed by atoms with E-state index in [-0.39, 0.29) is 24.9 Å². The van der Waals surface area contributed by atoms with Crippen molar-refractivity contribution < 1.29 is 9.53 Å². The number of nitrogens with one attached hydrogen (secondary N) is 1. The van der Waals surface area contributed by atoms with Crippen LogP contribution in [0.2, 0.25) is 0 Å². The van der Waals surface area contributed by atoms with E-state index in [0.29, 0.717) is 18.1 Å². The molecule has 0 spiro atoms. The normalized spacial score (nSPS) is 30.7. The Balaban J connectivity index is 0.00000200. The molecule has 2 rings (SSSR count). The predicted molar refractivity (Wildman–Crippen MR) is 83.3 cm³/mol. The van der Waals surface area contributed by atoms with Crippen molar-refractivity contribution >= 4 is 18.3 Å². The fraction of sp³-hybridized carbons (Fsp3) is 0.933. The highest BCUT2D eigenvalue weighted by Gasteiger charge is 2.26. The molecule has 2 fully saturated rings. The van der Waals surface area contributed by atoms with E-state index in [1.807, 2.05) is 11.9 Å². The van der Waals surface area contributed by atoms with Crippen LogP contribution in [0.4, 0.5) is 0 Å². The first kappa shape index (κ1) is 17.7. The Kier molecular flexibility index (Phi) is 7.85. The zero-order chi connectivity index (χ0) is 13.7. The first-order valence-corrected chi connectivity index (χ1v) is 7.77. The molecule has 0 radical (unpaired) electrons.